The Morgan fingerprint density at radius 1 is 1.11 bits per heavy atom. The van der Waals surface area contributed by atoms with Crippen molar-refractivity contribution in [3.8, 4) is 11.5 Å². The smallest absolute Gasteiger partial charge is 0.363 e. The van der Waals surface area contributed by atoms with E-state index < -0.39 is 10.9 Å². The number of nitro benzene ring substituents is 1. The molecule has 0 aromatic heterocycles. The van der Waals surface area contributed by atoms with Crippen molar-refractivity contribution >= 4 is 39.6 Å². The summed E-state index contributed by atoms with van der Waals surface area (Å²) in [5, 5.41) is 11.1. The van der Waals surface area contributed by atoms with Crippen LogP contribution in [0.2, 0.25) is 0 Å². The fraction of sp³-hybridized carbons (Fsp3) is 0.185. The first-order valence-electron chi connectivity index (χ1n) is 11.2. The van der Waals surface area contributed by atoms with Gasteiger partial charge in [0, 0.05) is 17.2 Å². The molecular weight excluding hydrogens is 528 g/mol. The number of benzene rings is 3. The molecule has 0 atom stereocenters. The third kappa shape index (κ3) is 5.63. The molecule has 0 bridgehead atoms. The van der Waals surface area contributed by atoms with E-state index in [2.05, 4.69) is 27.0 Å². The van der Waals surface area contributed by atoms with Gasteiger partial charge in [-0.25, -0.2) is 9.79 Å². The first-order valence-corrected chi connectivity index (χ1v) is 12.0. The minimum absolute atomic E-state index is 0.0162. The van der Waals surface area contributed by atoms with Crippen LogP contribution in [-0.2, 0) is 16.1 Å². The lowest BCUT2D eigenvalue weighted by Crippen LogP contribution is -2.06. The largest absolute Gasteiger partial charge is 0.490 e. The van der Waals surface area contributed by atoms with Gasteiger partial charge < -0.3 is 14.2 Å². The molecule has 184 valence electrons. The SMILES string of the molecule is CCOc1cc(/C=C2\N=C(c3ccc([N+](=O)[O-])c(C)c3)OC2=O)cc(Br)c1OCc1cccc(C)c1. The number of aryl methyl sites for hydroxylation is 2. The number of nitrogens with zero attached hydrogens (tertiary/aromatic N) is 2. The highest BCUT2D eigenvalue weighted by Crippen LogP contribution is 2.38. The van der Waals surface area contributed by atoms with Crippen LogP contribution in [0.15, 0.2) is 69.8 Å². The zero-order chi connectivity index (χ0) is 25.8. The second-order valence-electron chi connectivity index (χ2n) is 8.14. The number of halogens is 1. The van der Waals surface area contributed by atoms with Crippen molar-refractivity contribution in [2.24, 2.45) is 4.99 Å². The summed E-state index contributed by atoms with van der Waals surface area (Å²) in [6.07, 6.45) is 1.59. The third-order valence-corrected chi connectivity index (χ3v) is 5.95. The van der Waals surface area contributed by atoms with E-state index >= 15 is 0 Å². The summed E-state index contributed by atoms with van der Waals surface area (Å²) in [4.78, 5) is 27.4. The number of esters is 1. The Balaban J connectivity index is 1.61. The Labute approximate surface area is 216 Å². The van der Waals surface area contributed by atoms with Crippen LogP contribution in [0.3, 0.4) is 0 Å². The number of nitro groups is 1. The molecule has 0 saturated heterocycles. The van der Waals surface area contributed by atoms with Gasteiger partial charge in [-0.3, -0.25) is 10.1 Å². The van der Waals surface area contributed by atoms with Crippen LogP contribution in [0, 0.1) is 24.0 Å². The molecule has 9 heteroatoms. The molecule has 1 aliphatic heterocycles. The average Bonchev–Trinajstić information content (AvgIpc) is 3.18. The number of hydrogen-bond acceptors (Lipinski definition) is 7. The second kappa shape index (κ2) is 10.7. The molecule has 36 heavy (non-hydrogen) atoms. The van der Waals surface area contributed by atoms with Crippen LogP contribution >= 0.6 is 15.9 Å². The Morgan fingerprint density at radius 2 is 1.92 bits per heavy atom. The number of ether oxygens (including phenoxy) is 3. The van der Waals surface area contributed by atoms with Gasteiger partial charge in [0.05, 0.1) is 16.0 Å². The topological polar surface area (TPSA) is 100 Å². The van der Waals surface area contributed by atoms with Gasteiger partial charge in [0.2, 0.25) is 5.90 Å². The lowest BCUT2D eigenvalue weighted by atomic mass is 10.1. The van der Waals surface area contributed by atoms with Crippen molar-refractivity contribution in [2.75, 3.05) is 6.61 Å². The van der Waals surface area contributed by atoms with E-state index in [1.807, 2.05) is 32.0 Å². The van der Waals surface area contributed by atoms with Crippen molar-refractivity contribution < 1.29 is 23.9 Å². The van der Waals surface area contributed by atoms with Gasteiger partial charge in [-0.05, 0) is 78.2 Å². The van der Waals surface area contributed by atoms with Gasteiger partial charge >= 0.3 is 5.97 Å². The molecule has 4 rings (SSSR count). The van der Waals surface area contributed by atoms with E-state index in [4.69, 9.17) is 14.2 Å². The highest BCUT2D eigenvalue weighted by Gasteiger charge is 2.26. The maximum Gasteiger partial charge on any atom is 0.363 e. The quantitative estimate of drug-likeness (QED) is 0.141. The normalized spacial score (nSPS) is 13.9. The molecule has 3 aromatic rings. The maximum absolute atomic E-state index is 12.5. The van der Waals surface area contributed by atoms with Gasteiger partial charge in [0.25, 0.3) is 5.69 Å². The van der Waals surface area contributed by atoms with Gasteiger partial charge in [-0.15, -0.1) is 0 Å². The van der Waals surface area contributed by atoms with Gasteiger partial charge in [0.15, 0.2) is 17.2 Å². The number of carbonyl (C=O) groups is 1. The van der Waals surface area contributed by atoms with Crippen molar-refractivity contribution in [1.29, 1.82) is 0 Å². The molecular formula is C27H23BrN2O6. The molecule has 3 aromatic carbocycles. The second-order valence-corrected chi connectivity index (χ2v) is 8.99. The summed E-state index contributed by atoms with van der Waals surface area (Å²) in [5.74, 6) is 0.550. The minimum atomic E-state index is -0.616. The number of cyclic esters (lactones) is 1. The molecule has 0 aliphatic carbocycles. The Kier molecular flexibility index (Phi) is 7.49. The minimum Gasteiger partial charge on any atom is -0.490 e. The Hall–Kier alpha value is -3.98. The van der Waals surface area contributed by atoms with E-state index in [0.29, 0.717) is 45.9 Å². The maximum atomic E-state index is 12.5. The lowest BCUT2D eigenvalue weighted by molar-refractivity contribution is -0.385. The molecule has 0 saturated carbocycles. The van der Waals surface area contributed by atoms with Crippen molar-refractivity contribution in [1.82, 2.24) is 0 Å². The molecule has 0 fully saturated rings. The lowest BCUT2D eigenvalue weighted by Gasteiger charge is -2.15. The van der Waals surface area contributed by atoms with Gasteiger partial charge in [-0.1, -0.05) is 29.8 Å². The van der Waals surface area contributed by atoms with Crippen molar-refractivity contribution in [3.63, 3.8) is 0 Å². The summed E-state index contributed by atoms with van der Waals surface area (Å²) in [6, 6.07) is 16.1. The van der Waals surface area contributed by atoms with Crippen LogP contribution in [0.4, 0.5) is 5.69 Å². The van der Waals surface area contributed by atoms with Crippen LogP contribution < -0.4 is 9.47 Å². The molecule has 8 nitrogen and oxygen atoms in total. The summed E-state index contributed by atoms with van der Waals surface area (Å²) < 4.78 is 17.8. The standard InChI is InChI=1S/C27H23BrN2O6/c1-4-34-24-14-19(12-21(28)25(24)35-15-18-7-5-6-16(2)10-18)13-22-27(31)36-26(29-22)20-8-9-23(30(32)33)17(3)11-20/h5-14H,4,15H2,1-3H3/b22-13-. The van der Waals surface area contributed by atoms with Crippen molar-refractivity contribution in [2.45, 2.75) is 27.4 Å². The number of carbonyl (C=O) groups excluding carboxylic acids is 1. The first kappa shape index (κ1) is 25.1. The highest BCUT2D eigenvalue weighted by molar-refractivity contribution is 9.10. The predicted octanol–water partition coefficient (Wildman–Crippen LogP) is 6.30. The van der Waals surface area contributed by atoms with Gasteiger partial charge in [-0.2, -0.15) is 0 Å². The summed E-state index contributed by atoms with van der Waals surface area (Å²) in [5.41, 5.74) is 3.85. The molecule has 0 N–H and O–H groups in total. The first-order chi connectivity index (χ1) is 17.2. The number of hydrogen-bond donors (Lipinski definition) is 0. The van der Waals surface area contributed by atoms with Gasteiger partial charge in [0.1, 0.15) is 6.61 Å². The molecule has 0 amide bonds. The molecule has 1 heterocycles. The summed E-state index contributed by atoms with van der Waals surface area (Å²) in [6.45, 7) is 6.32. The van der Waals surface area contributed by atoms with Crippen LogP contribution in [-0.4, -0.2) is 23.4 Å². The highest BCUT2D eigenvalue weighted by atomic mass is 79.9. The van der Waals surface area contributed by atoms with E-state index in [1.54, 1.807) is 31.2 Å². The van der Waals surface area contributed by atoms with Crippen LogP contribution in [0.25, 0.3) is 6.08 Å². The van der Waals surface area contributed by atoms with E-state index in [0.717, 1.165) is 11.1 Å². The monoisotopic (exact) mass is 550 g/mol. The van der Waals surface area contributed by atoms with E-state index in [-0.39, 0.29) is 17.3 Å². The number of rotatable bonds is 8. The molecule has 1 aliphatic rings. The van der Waals surface area contributed by atoms with E-state index in [9.17, 15) is 14.9 Å². The average molecular weight is 551 g/mol. The predicted molar refractivity (Wildman–Crippen MR) is 139 cm³/mol. The zero-order valence-electron chi connectivity index (χ0n) is 19.9. The van der Waals surface area contributed by atoms with Crippen LogP contribution in [0.5, 0.6) is 11.5 Å². The van der Waals surface area contributed by atoms with Crippen molar-refractivity contribution in [3.05, 3.63) is 103 Å². The number of aliphatic imine (C=N–C) groups is 1. The molecule has 0 unspecified atom stereocenters. The van der Waals surface area contributed by atoms with E-state index in [1.165, 1.54) is 12.1 Å². The molecule has 0 spiro atoms. The molecule has 0 radical (unpaired) electrons. The Morgan fingerprint density at radius 3 is 2.61 bits per heavy atom. The fourth-order valence-corrected chi connectivity index (χ4v) is 4.29. The fourth-order valence-electron chi connectivity index (χ4n) is 3.72. The summed E-state index contributed by atoms with van der Waals surface area (Å²) >= 11 is 3.55. The zero-order valence-corrected chi connectivity index (χ0v) is 21.5. The Bertz CT molecular complexity index is 1410. The summed E-state index contributed by atoms with van der Waals surface area (Å²) in [7, 11) is 0. The van der Waals surface area contributed by atoms with Crippen LogP contribution in [0.1, 0.15) is 34.7 Å². The third-order valence-electron chi connectivity index (χ3n) is 5.36.